The van der Waals surface area contributed by atoms with Crippen molar-refractivity contribution in [2.75, 3.05) is 24.0 Å². The Morgan fingerprint density at radius 2 is 0.846 bits per heavy atom. The van der Waals surface area contributed by atoms with Crippen molar-refractivity contribution in [2.45, 2.75) is 9.79 Å². The fourth-order valence-corrected chi connectivity index (χ4v) is 5.53. The van der Waals surface area contributed by atoms with Gasteiger partial charge in [-0.05, 0) is 84.9 Å². The summed E-state index contributed by atoms with van der Waals surface area (Å²) < 4.78 is 10.3. The number of hydrogen-bond donors (Lipinski definition) is 0. The first-order valence-corrected chi connectivity index (χ1v) is 12.7. The van der Waals surface area contributed by atoms with E-state index in [1.807, 2.05) is 0 Å². The zero-order valence-electron chi connectivity index (χ0n) is 20.8. The van der Waals surface area contributed by atoms with Crippen LogP contribution in [0.5, 0.6) is 11.5 Å². The highest BCUT2D eigenvalue weighted by Crippen LogP contribution is 2.37. The van der Waals surface area contributed by atoms with Gasteiger partial charge < -0.3 is 9.47 Å². The zero-order chi connectivity index (χ0) is 27.3. The second-order valence-corrected chi connectivity index (χ2v) is 9.95. The standard InChI is InChI=1S/C30H20N2O6S/c1-37-19-7-3-17(4-8-19)31-27(33)23-13-11-21(15-25(23)29(31)35)39-22-12-14-24-26(16-22)30(36)32(28(24)34)18-5-9-20(38-2)10-6-18/h3-16H,1-2H3. The number of methoxy groups -OCH3 is 2. The van der Waals surface area contributed by atoms with Crippen molar-refractivity contribution in [3.63, 3.8) is 0 Å². The van der Waals surface area contributed by atoms with Gasteiger partial charge in [0, 0.05) is 9.79 Å². The van der Waals surface area contributed by atoms with Crippen LogP contribution < -0.4 is 19.3 Å². The largest absolute Gasteiger partial charge is 0.497 e. The number of anilines is 2. The number of imide groups is 2. The Hall–Kier alpha value is -4.89. The van der Waals surface area contributed by atoms with Crippen LogP contribution >= 0.6 is 11.8 Å². The van der Waals surface area contributed by atoms with Crippen molar-refractivity contribution in [1.82, 2.24) is 0 Å². The molecule has 9 heteroatoms. The van der Waals surface area contributed by atoms with Crippen LogP contribution in [0, 0.1) is 0 Å². The minimum Gasteiger partial charge on any atom is -0.497 e. The average molecular weight is 537 g/mol. The Kier molecular flexibility index (Phi) is 5.92. The van der Waals surface area contributed by atoms with Gasteiger partial charge in [0.1, 0.15) is 11.5 Å². The highest BCUT2D eigenvalue weighted by molar-refractivity contribution is 7.99. The molecule has 39 heavy (non-hydrogen) atoms. The molecule has 0 bridgehead atoms. The smallest absolute Gasteiger partial charge is 0.266 e. The van der Waals surface area contributed by atoms with Crippen LogP contribution in [0.25, 0.3) is 0 Å². The molecule has 6 rings (SSSR count). The van der Waals surface area contributed by atoms with E-state index < -0.39 is 23.6 Å². The van der Waals surface area contributed by atoms with Crippen LogP contribution in [0.1, 0.15) is 41.4 Å². The lowest BCUT2D eigenvalue weighted by molar-refractivity contribution is 0.0910. The lowest BCUT2D eigenvalue weighted by atomic mass is 10.1. The minimum atomic E-state index is -0.410. The molecule has 4 aromatic carbocycles. The maximum absolute atomic E-state index is 13.2. The molecule has 4 aromatic rings. The molecule has 0 fully saturated rings. The number of ether oxygens (including phenoxy) is 2. The fourth-order valence-electron chi connectivity index (χ4n) is 4.63. The molecule has 2 aliphatic rings. The first-order chi connectivity index (χ1) is 18.9. The van der Waals surface area contributed by atoms with Crippen molar-refractivity contribution in [2.24, 2.45) is 0 Å². The molecule has 0 N–H and O–H groups in total. The van der Waals surface area contributed by atoms with Gasteiger partial charge in [0.15, 0.2) is 0 Å². The maximum atomic E-state index is 13.2. The zero-order valence-corrected chi connectivity index (χ0v) is 21.7. The predicted molar refractivity (Wildman–Crippen MR) is 145 cm³/mol. The Bertz CT molecular complexity index is 1560. The quantitative estimate of drug-likeness (QED) is 0.302. The third kappa shape index (κ3) is 4.04. The predicted octanol–water partition coefficient (Wildman–Crippen LogP) is 5.46. The molecule has 0 unspecified atom stereocenters. The average Bonchev–Trinajstić information content (AvgIpc) is 3.36. The summed E-state index contributed by atoms with van der Waals surface area (Å²) in [4.78, 5) is 56.1. The summed E-state index contributed by atoms with van der Waals surface area (Å²) in [5.74, 6) is -0.361. The topological polar surface area (TPSA) is 93.2 Å². The first-order valence-electron chi connectivity index (χ1n) is 11.9. The Morgan fingerprint density at radius 1 is 0.487 bits per heavy atom. The van der Waals surface area contributed by atoms with Gasteiger partial charge >= 0.3 is 0 Å². The molecule has 0 aliphatic carbocycles. The van der Waals surface area contributed by atoms with E-state index in [1.165, 1.54) is 11.8 Å². The summed E-state index contributed by atoms with van der Waals surface area (Å²) in [5, 5.41) is 0. The van der Waals surface area contributed by atoms with E-state index in [4.69, 9.17) is 9.47 Å². The number of carbonyl (C=O) groups excluding carboxylic acids is 4. The van der Waals surface area contributed by atoms with Gasteiger partial charge in [-0.2, -0.15) is 0 Å². The summed E-state index contributed by atoms with van der Waals surface area (Å²) in [6.07, 6.45) is 0. The van der Waals surface area contributed by atoms with Crippen molar-refractivity contribution < 1.29 is 28.7 Å². The second kappa shape index (κ2) is 9.45. The lowest BCUT2D eigenvalue weighted by Gasteiger charge is -2.14. The highest BCUT2D eigenvalue weighted by atomic mass is 32.2. The molecule has 4 amide bonds. The molecule has 2 aliphatic heterocycles. The molecular weight excluding hydrogens is 516 g/mol. The van der Waals surface area contributed by atoms with Gasteiger partial charge in [0.2, 0.25) is 0 Å². The van der Waals surface area contributed by atoms with Gasteiger partial charge in [-0.15, -0.1) is 0 Å². The molecule has 192 valence electrons. The van der Waals surface area contributed by atoms with Crippen LogP contribution in [-0.2, 0) is 0 Å². The van der Waals surface area contributed by atoms with Gasteiger partial charge in [-0.25, -0.2) is 9.80 Å². The molecule has 0 saturated heterocycles. The third-order valence-electron chi connectivity index (χ3n) is 6.61. The van der Waals surface area contributed by atoms with Gasteiger partial charge in [0.05, 0.1) is 47.8 Å². The number of benzene rings is 4. The summed E-state index contributed by atoms with van der Waals surface area (Å²) in [6, 6.07) is 23.5. The molecule has 0 saturated carbocycles. The Labute approximate surface area is 227 Å². The van der Waals surface area contributed by atoms with E-state index in [0.717, 1.165) is 19.6 Å². The molecule has 0 spiro atoms. The molecule has 2 heterocycles. The Balaban J connectivity index is 1.25. The van der Waals surface area contributed by atoms with E-state index in [-0.39, 0.29) is 0 Å². The number of amides is 4. The first kappa shape index (κ1) is 24.4. The summed E-state index contributed by atoms with van der Waals surface area (Å²) >= 11 is 1.33. The van der Waals surface area contributed by atoms with E-state index >= 15 is 0 Å². The molecule has 8 nitrogen and oxygen atoms in total. The maximum Gasteiger partial charge on any atom is 0.266 e. The van der Waals surface area contributed by atoms with Crippen LogP contribution in [0.3, 0.4) is 0 Å². The van der Waals surface area contributed by atoms with Crippen molar-refractivity contribution in [3.05, 3.63) is 107 Å². The van der Waals surface area contributed by atoms with Crippen molar-refractivity contribution in [1.29, 1.82) is 0 Å². The minimum absolute atomic E-state index is 0.305. The van der Waals surface area contributed by atoms with Crippen molar-refractivity contribution in [3.8, 4) is 11.5 Å². The third-order valence-corrected chi connectivity index (χ3v) is 7.59. The lowest BCUT2D eigenvalue weighted by Crippen LogP contribution is -2.29. The molecule has 0 atom stereocenters. The van der Waals surface area contributed by atoms with Crippen LogP contribution in [-0.4, -0.2) is 37.8 Å². The van der Waals surface area contributed by atoms with E-state index in [0.29, 0.717) is 45.1 Å². The van der Waals surface area contributed by atoms with Gasteiger partial charge in [-0.3, -0.25) is 19.2 Å². The van der Waals surface area contributed by atoms with Crippen LogP contribution in [0.2, 0.25) is 0 Å². The Morgan fingerprint density at radius 3 is 1.21 bits per heavy atom. The second-order valence-electron chi connectivity index (χ2n) is 8.80. The number of carbonyl (C=O) groups is 4. The van der Waals surface area contributed by atoms with Crippen molar-refractivity contribution >= 4 is 46.8 Å². The van der Waals surface area contributed by atoms with E-state index in [1.54, 1.807) is 99.1 Å². The number of nitrogens with zero attached hydrogens (tertiary/aromatic N) is 2. The van der Waals surface area contributed by atoms with Crippen LogP contribution in [0.15, 0.2) is 94.7 Å². The summed E-state index contributed by atoms with van der Waals surface area (Å²) in [7, 11) is 3.09. The normalized spacial score (nSPS) is 14.1. The fraction of sp³-hybridized carbons (Fsp3) is 0.0667. The van der Waals surface area contributed by atoms with E-state index in [9.17, 15) is 19.2 Å². The summed E-state index contributed by atoms with van der Waals surface area (Å²) in [5.41, 5.74) is 2.17. The molecular formula is C30H20N2O6S. The number of fused-ring (bicyclic) bond motifs is 2. The molecule has 0 radical (unpaired) electrons. The monoisotopic (exact) mass is 536 g/mol. The SMILES string of the molecule is COc1ccc(N2C(=O)c3ccc(Sc4ccc5c(c4)C(=O)N(c4ccc(OC)cc4)C5=O)cc3C2=O)cc1. The summed E-state index contributed by atoms with van der Waals surface area (Å²) in [6.45, 7) is 0. The number of rotatable bonds is 6. The van der Waals surface area contributed by atoms with Crippen LogP contribution in [0.4, 0.5) is 11.4 Å². The number of hydrogen-bond acceptors (Lipinski definition) is 7. The van der Waals surface area contributed by atoms with Gasteiger partial charge in [0.25, 0.3) is 23.6 Å². The van der Waals surface area contributed by atoms with E-state index in [2.05, 4.69) is 0 Å². The van der Waals surface area contributed by atoms with Gasteiger partial charge in [-0.1, -0.05) is 11.8 Å². The molecule has 0 aromatic heterocycles. The highest BCUT2D eigenvalue weighted by Gasteiger charge is 2.38.